The van der Waals surface area contributed by atoms with Crippen LogP contribution in [-0.2, 0) is 13.1 Å². The number of rotatable bonds is 5. The molecule has 0 N–H and O–H groups in total. The Balaban J connectivity index is 2.04. The van der Waals surface area contributed by atoms with Gasteiger partial charge in [0.1, 0.15) is 12.4 Å². The second kappa shape index (κ2) is 5.63. The van der Waals surface area contributed by atoms with E-state index in [2.05, 4.69) is 11.5 Å². The topological polar surface area (TPSA) is 25.9 Å². The molecular weight excluding hydrogens is 224 g/mol. The first-order valence-electron chi connectivity index (χ1n) is 6.33. The summed E-state index contributed by atoms with van der Waals surface area (Å²) in [5, 5.41) is 0. The van der Waals surface area contributed by atoms with E-state index in [1.54, 1.807) is 0 Å². The van der Waals surface area contributed by atoms with Gasteiger partial charge in [0.2, 0.25) is 12.1 Å². The minimum Gasteiger partial charge on any atom is -0.290 e. The predicted molar refractivity (Wildman–Crippen MR) is 70.4 cm³/mol. The Morgan fingerprint density at radius 3 is 2.67 bits per heavy atom. The highest BCUT2D eigenvalue weighted by Gasteiger charge is 2.10. The quantitative estimate of drug-likeness (QED) is 0.585. The first-order chi connectivity index (χ1) is 8.69. The summed E-state index contributed by atoms with van der Waals surface area (Å²) in [6.07, 6.45) is 7.03. The number of ketones is 1. The van der Waals surface area contributed by atoms with Crippen LogP contribution in [0.4, 0.5) is 0 Å². The average Bonchev–Trinajstić information content (AvgIpc) is 2.78. The minimum atomic E-state index is 0.147. The Kier molecular flexibility index (Phi) is 3.92. The van der Waals surface area contributed by atoms with E-state index in [0.717, 1.165) is 18.5 Å². The molecule has 2 aromatic rings. The Morgan fingerprint density at radius 2 is 2.00 bits per heavy atom. The maximum atomic E-state index is 12.1. The zero-order chi connectivity index (χ0) is 13.0. The summed E-state index contributed by atoms with van der Waals surface area (Å²) < 4.78 is 4.03. The number of nitrogens with zero attached hydrogens (tertiary/aromatic N) is 2. The van der Waals surface area contributed by atoms with E-state index in [0.29, 0.717) is 6.54 Å². The molecule has 0 amide bonds. The highest BCUT2D eigenvalue weighted by molar-refractivity contribution is 5.95. The molecule has 0 aliphatic carbocycles. The van der Waals surface area contributed by atoms with Gasteiger partial charge in [0, 0.05) is 5.56 Å². The van der Waals surface area contributed by atoms with Gasteiger partial charge in [0.25, 0.3) is 0 Å². The van der Waals surface area contributed by atoms with Crippen LogP contribution in [0.1, 0.15) is 29.3 Å². The molecule has 3 heteroatoms. The van der Waals surface area contributed by atoms with E-state index in [1.807, 2.05) is 54.5 Å². The average molecular weight is 243 g/mol. The molecule has 3 nitrogen and oxygen atoms in total. The molecule has 0 aliphatic heterocycles. The monoisotopic (exact) mass is 243 g/mol. The van der Waals surface area contributed by atoms with E-state index in [1.165, 1.54) is 5.56 Å². The van der Waals surface area contributed by atoms with Crippen molar-refractivity contribution in [2.24, 2.45) is 0 Å². The number of hydrogen-bond acceptors (Lipinski definition) is 1. The third-order valence-corrected chi connectivity index (χ3v) is 2.93. The van der Waals surface area contributed by atoms with Gasteiger partial charge >= 0.3 is 0 Å². The lowest BCUT2D eigenvalue weighted by molar-refractivity contribution is -0.682. The lowest BCUT2D eigenvalue weighted by Crippen LogP contribution is -2.35. The van der Waals surface area contributed by atoms with Gasteiger partial charge in [-0.3, -0.25) is 4.79 Å². The van der Waals surface area contributed by atoms with E-state index < -0.39 is 0 Å². The molecular formula is C15H19N2O+. The maximum absolute atomic E-state index is 12.1. The summed E-state index contributed by atoms with van der Waals surface area (Å²) in [5.41, 5.74) is 1.95. The number of aryl methyl sites for hydroxylation is 2. The molecule has 0 atom stereocenters. The molecule has 1 aromatic heterocycles. The van der Waals surface area contributed by atoms with Crippen LogP contribution in [0.2, 0.25) is 0 Å². The summed E-state index contributed by atoms with van der Waals surface area (Å²) in [7, 11) is 0. The van der Waals surface area contributed by atoms with Crippen LogP contribution in [0.5, 0.6) is 0 Å². The van der Waals surface area contributed by atoms with E-state index in [-0.39, 0.29) is 5.78 Å². The number of aromatic nitrogens is 2. The van der Waals surface area contributed by atoms with Crippen LogP contribution in [0.25, 0.3) is 0 Å². The Labute approximate surface area is 108 Å². The normalized spacial score (nSPS) is 10.6. The molecule has 0 bridgehead atoms. The minimum absolute atomic E-state index is 0.147. The lowest BCUT2D eigenvalue weighted by atomic mass is 10.1. The van der Waals surface area contributed by atoms with Crippen molar-refractivity contribution in [2.45, 2.75) is 33.4 Å². The summed E-state index contributed by atoms with van der Waals surface area (Å²) in [5.74, 6) is 0.147. The molecule has 0 saturated carbocycles. The van der Waals surface area contributed by atoms with Gasteiger partial charge in [-0.2, -0.15) is 0 Å². The van der Waals surface area contributed by atoms with Gasteiger partial charge in [0.15, 0.2) is 6.54 Å². The zero-order valence-electron chi connectivity index (χ0n) is 11.0. The molecule has 0 fully saturated rings. The molecule has 0 spiro atoms. The summed E-state index contributed by atoms with van der Waals surface area (Å²) in [6.45, 7) is 5.56. The Hall–Kier alpha value is -1.90. The van der Waals surface area contributed by atoms with Crippen molar-refractivity contribution in [1.82, 2.24) is 4.57 Å². The number of imidazole rings is 1. The third-order valence-electron chi connectivity index (χ3n) is 2.93. The second-order valence-corrected chi connectivity index (χ2v) is 4.61. The van der Waals surface area contributed by atoms with E-state index in [9.17, 15) is 4.79 Å². The number of Topliss-reactive ketones (excluding diaryl/α,β-unsaturated/α-hetero) is 1. The van der Waals surface area contributed by atoms with Crippen LogP contribution < -0.4 is 4.57 Å². The van der Waals surface area contributed by atoms with E-state index >= 15 is 0 Å². The van der Waals surface area contributed by atoms with Gasteiger partial charge < -0.3 is 0 Å². The van der Waals surface area contributed by atoms with Gasteiger partial charge in [-0.15, -0.1) is 0 Å². The fourth-order valence-corrected chi connectivity index (χ4v) is 1.92. The summed E-state index contributed by atoms with van der Waals surface area (Å²) >= 11 is 0. The number of carbonyl (C=O) groups is 1. The summed E-state index contributed by atoms with van der Waals surface area (Å²) in [4.78, 5) is 12.1. The molecule has 94 valence electrons. The van der Waals surface area contributed by atoms with Crippen molar-refractivity contribution in [3.63, 3.8) is 0 Å². The van der Waals surface area contributed by atoms with Crippen molar-refractivity contribution in [2.75, 3.05) is 0 Å². The largest absolute Gasteiger partial charge is 0.290 e. The van der Waals surface area contributed by atoms with Crippen molar-refractivity contribution >= 4 is 5.78 Å². The predicted octanol–water partition coefficient (Wildman–Crippen LogP) is 2.38. The Morgan fingerprint density at radius 1 is 1.28 bits per heavy atom. The van der Waals surface area contributed by atoms with Crippen molar-refractivity contribution in [3.05, 3.63) is 54.1 Å². The molecule has 2 rings (SSSR count). The highest BCUT2D eigenvalue weighted by atomic mass is 16.1. The fraction of sp³-hybridized carbons (Fsp3) is 0.333. The SMILES string of the molecule is CCCn1cc[n+](CC(=O)c2ccc(C)cc2)c1. The first-order valence-corrected chi connectivity index (χ1v) is 6.33. The van der Waals surface area contributed by atoms with Crippen LogP contribution in [0, 0.1) is 6.92 Å². The summed E-state index contributed by atoms with van der Waals surface area (Å²) in [6, 6.07) is 7.73. The first kappa shape index (κ1) is 12.6. The fourth-order valence-electron chi connectivity index (χ4n) is 1.92. The standard InChI is InChI=1S/C15H19N2O/c1-3-8-16-9-10-17(12-16)11-15(18)14-6-4-13(2)5-7-14/h4-7,9-10,12H,3,8,11H2,1-2H3/q+1. The van der Waals surface area contributed by atoms with Gasteiger partial charge in [-0.25, -0.2) is 9.13 Å². The number of hydrogen-bond donors (Lipinski definition) is 0. The van der Waals surface area contributed by atoms with Crippen molar-refractivity contribution < 1.29 is 9.36 Å². The third kappa shape index (κ3) is 3.06. The molecule has 0 saturated heterocycles. The van der Waals surface area contributed by atoms with E-state index in [4.69, 9.17) is 0 Å². The molecule has 0 unspecified atom stereocenters. The number of benzene rings is 1. The molecule has 0 radical (unpaired) electrons. The number of carbonyl (C=O) groups excluding carboxylic acids is 1. The Bertz CT molecular complexity index is 526. The van der Waals surface area contributed by atoms with Crippen LogP contribution in [-0.4, -0.2) is 10.4 Å². The van der Waals surface area contributed by atoms with Crippen molar-refractivity contribution in [1.29, 1.82) is 0 Å². The van der Waals surface area contributed by atoms with Crippen LogP contribution in [0.3, 0.4) is 0 Å². The van der Waals surface area contributed by atoms with Crippen LogP contribution >= 0.6 is 0 Å². The highest BCUT2D eigenvalue weighted by Crippen LogP contribution is 2.04. The molecule has 1 aromatic carbocycles. The lowest BCUT2D eigenvalue weighted by Gasteiger charge is -1.99. The molecule has 18 heavy (non-hydrogen) atoms. The van der Waals surface area contributed by atoms with Gasteiger partial charge in [0.05, 0.1) is 6.54 Å². The maximum Gasteiger partial charge on any atom is 0.244 e. The zero-order valence-corrected chi connectivity index (χ0v) is 11.0. The van der Waals surface area contributed by atoms with Gasteiger partial charge in [-0.05, 0) is 13.3 Å². The smallest absolute Gasteiger partial charge is 0.244 e. The second-order valence-electron chi connectivity index (χ2n) is 4.61. The van der Waals surface area contributed by atoms with Crippen LogP contribution in [0.15, 0.2) is 43.0 Å². The van der Waals surface area contributed by atoms with Gasteiger partial charge in [-0.1, -0.05) is 36.8 Å². The molecule has 0 aliphatic rings. The van der Waals surface area contributed by atoms with Crippen molar-refractivity contribution in [3.8, 4) is 0 Å². The molecule has 1 heterocycles.